The highest BCUT2D eigenvalue weighted by Gasteiger charge is 2.22. The molecule has 4 rings (SSSR count). The molecule has 2 fully saturated rings. The molecular weight excluding hydrogens is 368 g/mol. The van der Waals surface area contributed by atoms with Gasteiger partial charge in [-0.3, -0.25) is 0 Å². The molecule has 2 aromatic rings. The number of nitrogen functional groups attached to an aromatic ring is 1. The summed E-state index contributed by atoms with van der Waals surface area (Å²) in [5.74, 6) is 1.77. The van der Waals surface area contributed by atoms with E-state index in [2.05, 4.69) is 24.8 Å². The Hall–Kier alpha value is -1.74. The van der Waals surface area contributed by atoms with Crippen LogP contribution in [0.5, 0.6) is 0 Å². The zero-order chi connectivity index (χ0) is 19.2. The molecule has 0 spiro atoms. The van der Waals surface area contributed by atoms with E-state index in [4.69, 9.17) is 27.2 Å². The van der Waals surface area contributed by atoms with Gasteiger partial charge in [0.05, 0.1) is 35.8 Å². The number of rotatable bonds is 2. The molecule has 0 amide bonds. The average molecular weight is 395 g/mol. The molecule has 0 saturated carbocycles. The van der Waals surface area contributed by atoms with Gasteiger partial charge in [0.1, 0.15) is 11.5 Å². The van der Waals surface area contributed by atoms with Crippen molar-refractivity contribution >= 4 is 17.5 Å². The summed E-state index contributed by atoms with van der Waals surface area (Å²) < 4.78 is 6.99. The number of hydrogen-bond acceptors (Lipinski definition) is 7. The molecule has 27 heavy (non-hydrogen) atoms. The van der Waals surface area contributed by atoms with Crippen LogP contribution in [-0.4, -0.2) is 57.0 Å². The highest BCUT2D eigenvalue weighted by Crippen LogP contribution is 2.30. The van der Waals surface area contributed by atoms with Gasteiger partial charge in [0, 0.05) is 19.6 Å². The van der Waals surface area contributed by atoms with Crippen molar-refractivity contribution in [1.82, 2.24) is 24.8 Å². The van der Waals surface area contributed by atoms with Crippen molar-refractivity contribution < 1.29 is 9.84 Å². The molecule has 0 bridgehead atoms. The Morgan fingerprint density at radius 2 is 2.04 bits per heavy atom. The third-order valence-electron chi connectivity index (χ3n) is 4.87. The number of nitrogens with zero attached hydrogens (tertiary/aromatic N) is 4. The van der Waals surface area contributed by atoms with Gasteiger partial charge in [-0.15, -0.1) is 0 Å². The van der Waals surface area contributed by atoms with Crippen LogP contribution in [0.15, 0.2) is 12.4 Å². The molecule has 4 heterocycles. The van der Waals surface area contributed by atoms with Crippen molar-refractivity contribution in [3.05, 3.63) is 23.2 Å². The number of piperidine rings is 1. The minimum absolute atomic E-state index is 0.186. The molecule has 0 radical (unpaired) electrons. The Kier molecular flexibility index (Phi) is 7.01. The van der Waals surface area contributed by atoms with Crippen molar-refractivity contribution in [3.63, 3.8) is 0 Å². The van der Waals surface area contributed by atoms with Crippen molar-refractivity contribution in [1.29, 1.82) is 0 Å². The molecule has 2 aliphatic rings. The highest BCUT2D eigenvalue weighted by molar-refractivity contribution is 6.32. The molecule has 4 N–H and O–H groups in total. The SMILES string of the molecule is Cn1c(-c2nc(N)ncc2Cl)cnc1C1CCNCC1.OC1CCCOC1. The zero-order valence-corrected chi connectivity index (χ0v) is 16.3. The van der Waals surface area contributed by atoms with Crippen LogP contribution in [0.3, 0.4) is 0 Å². The van der Waals surface area contributed by atoms with Crippen LogP contribution >= 0.6 is 11.6 Å². The van der Waals surface area contributed by atoms with Crippen LogP contribution in [-0.2, 0) is 11.8 Å². The van der Waals surface area contributed by atoms with Crippen molar-refractivity contribution in [2.45, 2.75) is 37.7 Å². The molecule has 1 atom stereocenters. The molecule has 2 aromatic heterocycles. The monoisotopic (exact) mass is 394 g/mol. The van der Waals surface area contributed by atoms with Gasteiger partial charge in [0.25, 0.3) is 0 Å². The lowest BCUT2D eigenvalue weighted by atomic mass is 9.97. The quantitative estimate of drug-likeness (QED) is 0.711. The van der Waals surface area contributed by atoms with E-state index in [9.17, 15) is 0 Å². The predicted octanol–water partition coefficient (Wildman–Crippen LogP) is 1.74. The lowest BCUT2D eigenvalue weighted by molar-refractivity contribution is -0.00535. The van der Waals surface area contributed by atoms with E-state index in [1.807, 2.05) is 13.2 Å². The summed E-state index contributed by atoms with van der Waals surface area (Å²) in [6, 6.07) is 0. The van der Waals surface area contributed by atoms with Crippen molar-refractivity contribution in [2.75, 3.05) is 32.0 Å². The molecule has 9 heteroatoms. The van der Waals surface area contributed by atoms with Crippen LogP contribution in [0, 0.1) is 0 Å². The van der Waals surface area contributed by atoms with E-state index in [1.54, 1.807) is 0 Å². The fourth-order valence-electron chi connectivity index (χ4n) is 3.39. The maximum atomic E-state index is 8.78. The molecule has 2 saturated heterocycles. The molecule has 0 aliphatic carbocycles. The topological polar surface area (TPSA) is 111 Å². The standard InChI is InChI=1S/C13H17ClN6.C5H10O2/c1-20-10(11-9(14)6-18-13(15)19-11)7-17-12(20)8-2-4-16-5-3-8;6-5-2-1-3-7-4-5/h6-8,16H,2-5H2,1H3,(H2,15,18,19);5-6H,1-4H2. The highest BCUT2D eigenvalue weighted by atomic mass is 35.5. The van der Waals surface area contributed by atoms with E-state index in [0.29, 0.717) is 23.2 Å². The summed E-state index contributed by atoms with van der Waals surface area (Å²) in [5.41, 5.74) is 7.15. The second-order valence-corrected chi connectivity index (χ2v) is 7.29. The Bertz CT molecular complexity index is 741. The summed E-state index contributed by atoms with van der Waals surface area (Å²) in [5, 5.41) is 12.6. The number of aromatic nitrogens is 4. The van der Waals surface area contributed by atoms with Gasteiger partial charge in [-0.05, 0) is 38.8 Å². The Labute approximate surface area is 164 Å². The molecule has 2 aliphatic heterocycles. The third kappa shape index (κ3) is 5.16. The predicted molar refractivity (Wildman–Crippen MR) is 105 cm³/mol. The first-order valence-electron chi connectivity index (χ1n) is 9.32. The Morgan fingerprint density at radius 3 is 2.67 bits per heavy atom. The van der Waals surface area contributed by atoms with E-state index >= 15 is 0 Å². The van der Waals surface area contributed by atoms with Crippen molar-refractivity contribution in [3.8, 4) is 11.4 Å². The fraction of sp³-hybridized carbons (Fsp3) is 0.611. The summed E-state index contributed by atoms with van der Waals surface area (Å²) >= 11 is 6.17. The lowest BCUT2D eigenvalue weighted by Crippen LogP contribution is -2.27. The maximum absolute atomic E-state index is 8.78. The first kappa shape index (κ1) is 20.0. The van der Waals surface area contributed by atoms with E-state index in [0.717, 1.165) is 56.9 Å². The number of hydrogen-bond donors (Lipinski definition) is 3. The summed E-state index contributed by atoms with van der Waals surface area (Å²) in [6.07, 6.45) is 7.28. The number of halogens is 1. The third-order valence-corrected chi connectivity index (χ3v) is 5.15. The van der Waals surface area contributed by atoms with Crippen molar-refractivity contribution in [2.24, 2.45) is 7.05 Å². The first-order chi connectivity index (χ1) is 13.1. The van der Waals surface area contributed by atoms with Crippen LogP contribution in [0.1, 0.15) is 37.4 Å². The number of nitrogens with one attached hydrogen (secondary N) is 1. The van der Waals surface area contributed by atoms with Crippen LogP contribution in [0.25, 0.3) is 11.4 Å². The number of anilines is 1. The maximum Gasteiger partial charge on any atom is 0.220 e. The molecule has 0 aromatic carbocycles. The second-order valence-electron chi connectivity index (χ2n) is 6.88. The summed E-state index contributed by atoms with van der Waals surface area (Å²) in [7, 11) is 1.99. The van der Waals surface area contributed by atoms with E-state index in [1.165, 1.54) is 6.20 Å². The van der Waals surface area contributed by atoms with Gasteiger partial charge in [-0.1, -0.05) is 11.6 Å². The average Bonchev–Trinajstić information content (AvgIpc) is 3.07. The van der Waals surface area contributed by atoms with Gasteiger partial charge in [0.15, 0.2) is 0 Å². The normalized spacial score (nSPS) is 20.8. The number of imidazole rings is 1. The molecule has 148 valence electrons. The number of aliphatic hydroxyl groups is 1. The van der Waals surface area contributed by atoms with E-state index < -0.39 is 0 Å². The summed E-state index contributed by atoms with van der Waals surface area (Å²) in [6.45, 7) is 3.44. The molecular formula is C18H27ClN6O2. The van der Waals surface area contributed by atoms with Crippen LogP contribution in [0.2, 0.25) is 5.02 Å². The van der Waals surface area contributed by atoms with Gasteiger partial charge >= 0.3 is 0 Å². The zero-order valence-electron chi connectivity index (χ0n) is 15.6. The van der Waals surface area contributed by atoms with Crippen LogP contribution in [0.4, 0.5) is 5.95 Å². The number of nitrogens with two attached hydrogens (primary N) is 1. The lowest BCUT2D eigenvalue weighted by Gasteiger charge is -2.22. The number of aliphatic hydroxyl groups excluding tert-OH is 1. The van der Waals surface area contributed by atoms with Gasteiger partial charge < -0.3 is 25.5 Å². The number of ether oxygens (including phenoxy) is 1. The largest absolute Gasteiger partial charge is 0.391 e. The van der Waals surface area contributed by atoms with Gasteiger partial charge in [0.2, 0.25) is 5.95 Å². The minimum Gasteiger partial charge on any atom is -0.391 e. The Balaban J connectivity index is 0.000000253. The second kappa shape index (κ2) is 9.45. The molecule has 1 unspecified atom stereocenters. The van der Waals surface area contributed by atoms with Crippen LogP contribution < -0.4 is 11.1 Å². The fourth-order valence-corrected chi connectivity index (χ4v) is 3.58. The van der Waals surface area contributed by atoms with E-state index in [-0.39, 0.29) is 12.1 Å². The summed E-state index contributed by atoms with van der Waals surface area (Å²) in [4.78, 5) is 12.7. The van der Waals surface area contributed by atoms with Gasteiger partial charge in [-0.25, -0.2) is 15.0 Å². The first-order valence-corrected chi connectivity index (χ1v) is 9.70. The minimum atomic E-state index is -0.186. The van der Waals surface area contributed by atoms with Gasteiger partial charge in [-0.2, -0.15) is 0 Å². The molecule has 8 nitrogen and oxygen atoms in total. The smallest absolute Gasteiger partial charge is 0.220 e. The Morgan fingerprint density at radius 1 is 1.26 bits per heavy atom.